The van der Waals surface area contributed by atoms with Crippen molar-refractivity contribution in [3.8, 4) is 0 Å². The third-order valence-corrected chi connectivity index (χ3v) is 2.95. The minimum Gasteiger partial charge on any atom is -0.466 e. The second kappa shape index (κ2) is 17.5. The van der Waals surface area contributed by atoms with Crippen molar-refractivity contribution in [3.63, 3.8) is 0 Å². The minimum atomic E-state index is -0.394. The smallest absolute Gasteiger partial charge is 0.333 e. The fourth-order valence-electron chi connectivity index (χ4n) is 1.61. The average molecular weight is 312 g/mol. The summed E-state index contributed by atoms with van der Waals surface area (Å²) in [6.45, 7) is 11.1. The van der Waals surface area contributed by atoms with Crippen LogP contribution in [0.15, 0.2) is 24.8 Å². The molecular formula is C18H32O4. The molecule has 0 radical (unpaired) electrons. The van der Waals surface area contributed by atoms with E-state index in [9.17, 15) is 9.59 Å². The maximum Gasteiger partial charge on any atom is 0.333 e. The molecule has 22 heavy (non-hydrogen) atoms. The molecule has 0 bridgehead atoms. The molecule has 0 aromatic carbocycles. The van der Waals surface area contributed by atoms with Gasteiger partial charge in [-0.2, -0.15) is 0 Å². The summed E-state index contributed by atoms with van der Waals surface area (Å²) >= 11 is 0. The third kappa shape index (κ3) is 18.4. The first-order valence-electron chi connectivity index (χ1n) is 8.02. The van der Waals surface area contributed by atoms with Crippen LogP contribution >= 0.6 is 0 Å². The number of carbonyl (C=O) groups is 2. The predicted molar refractivity (Wildman–Crippen MR) is 90.6 cm³/mol. The molecule has 0 aliphatic heterocycles. The Kier molecular flexibility index (Phi) is 18.0. The molecule has 0 aliphatic carbocycles. The van der Waals surface area contributed by atoms with Crippen molar-refractivity contribution in [1.82, 2.24) is 0 Å². The Bertz CT molecular complexity index is 321. The molecule has 0 spiro atoms. The first-order valence-corrected chi connectivity index (χ1v) is 8.02. The summed E-state index contributed by atoms with van der Waals surface area (Å²) < 4.78 is 9.15. The molecule has 0 aliphatic rings. The first-order chi connectivity index (χ1) is 10.5. The van der Waals surface area contributed by atoms with Gasteiger partial charge in [0.05, 0.1) is 13.7 Å². The van der Waals surface area contributed by atoms with Crippen LogP contribution in [0.25, 0.3) is 0 Å². The number of unbranched alkanes of at least 4 members (excludes halogenated alkanes) is 7. The molecule has 128 valence electrons. The van der Waals surface area contributed by atoms with E-state index in [2.05, 4.69) is 24.8 Å². The molecule has 0 heterocycles. The molecule has 0 saturated carbocycles. The first kappa shape index (κ1) is 22.7. The van der Waals surface area contributed by atoms with Crippen molar-refractivity contribution in [2.75, 3.05) is 13.7 Å². The summed E-state index contributed by atoms with van der Waals surface area (Å²) in [6, 6.07) is 0. The van der Waals surface area contributed by atoms with E-state index in [1.165, 1.54) is 45.6 Å². The topological polar surface area (TPSA) is 52.6 Å². The lowest BCUT2D eigenvalue weighted by Gasteiger charge is -2.04. The van der Waals surface area contributed by atoms with E-state index >= 15 is 0 Å². The predicted octanol–water partition coefficient (Wildman–Crippen LogP) is 4.59. The Balaban J connectivity index is 0. The molecular weight excluding hydrogens is 280 g/mol. The molecule has 4 heteroatoms. The Morgan fingerprint density at radius 3 is 1.86 bits per heavy atom. The SMILES string of the molecule is C=C(C)C(=O)OCCCCCCCCCC.C=CC(=O)OC. The second-order valence-electron chi connectivity index (χ2n) is 5.12. The fourth-order valence-corrected chi connectivity index (χ4v) is 1.61. The highest BCUT2D eigenvalue weighted by Crippen LogP contribution is 2.08. The van der Waals surface area contributed by atoms with Crippen LogP contribution < -0.4 is 0 Å². The molecule has 0 N–H and O–H groups in total. The van der Waals surface area contributed by atoms with Crippen LogP contribution in [0.1, 0.15) is 65.2 Å². The van der Waals surface area contributed by atoms with Crippen LogP contribution in [-0.4, -0.2) is 25.7 Å². The monoisotopic (exact) mass is 312 g/mol. The standard InChI is InChI=1S/C14H26O2.C4H6O2/c1-4-5-6-7-8-9-10-11-12-16-14(15)13(2)3;1-3-4(5)6-2/h2,4-12H2,1,3H3;3H,1H2,2H3. The lowest BCUT2D eigenvalue weighted by atomic mass is 10.1. The van der Waals surface area contributed by atoms with Gasteiger partial charge in [0.2, 0.25) is 0 Å². The van der Waals surface area contributed by atoms with Gasteiger partial charge in [-0.15, -0.1) is 0 Å². The number of ether oxygens (including phenoxy) is 2. The van der Waals surface area contributed by atoms with Gasteiger partial charge in [-0.25, -0.2) is 9.59 Å². The van der Waals surface area contributed by atoms with Crippen molar-refractivity contribution in [2.24, 2.45) is 0 Å². The van der Waals surface area contributed by atoms with Crippen molar-refractivity contribution >= 4 is 11.9 Å². The molecule has 0 fully saturated rings. The van der Waals surface area contributed by atoms with Gasteiger partial charge in [0.15, 0.2) is 0 Å². The van der Waals surface area contributed by atoms with Gasteiger partial charge in [-0.05, 0) is 13.3 Å². The molecule has 0 unspecified atom stereocenters. The summed E-state index contributed by atoms with van der Waals surface area (Å²) in [6.07, 6.45) is 11.2. The minimum absolute atomic E-state index is 0.261. The van der Waals surface area contributed by atoms with Crippen molar-refractivity contribution in [1.29, 1.82) is 0 Å². The van der Waals surface area contributed by atoms with Gasteiger partial charge >= 0.3 is 11.9 Å². The maximum absolute atomic E-state index is 11.0. The zero-order valence-electron chi connectivity index (χ0n) is 14.5. The van der Waals surface area contributed by atoms with E-state index in [4.69, 9.17) is 4.74 Å². The summed E-state index contributed by atoms with van der Waals surface area (Å²) in [4.78, 5) is 20.9. The van der Waals surface area contributed by atoms with Crippen LogP contribution in [0.5, 0.6) is 0 Å². The van der Waals surface area contributed by atoms with E-state index < -0.39 is 5.97 Å². The van der Waals surface area contributed by atoms with Gasteiger partial charge in [0.1, 0.15) is 0 Å². The summed E-state index contributed by atoms with van der Waals surface area (Å²) in [7, 11) is 1.31. The van der Waals surface area contributed by atoms with Gasteiger partial charge in [-0.3, -0.25) is 0 Å². The number of hydrogen-bond donors (Lipinski definition) is 0. The molecule has 0 rings (SSSR count). The van der Waals surface area contributed by atoms with Gasteiger partial charge in [0, 0.05) is 11.6 Å². The van der Waals surface area contributed by atoms with Crippen LogP contribution in [0.4, 0.5) is 0 Å². The van der Waals surface area contributed by atoms with Crippen LogP contribution in [-0.2, 0) is 19.1 Å². The van der Waals surface area contributed by atoms with Crippen LogP contribution in [0.3, 0.4) is 0 Å². The molecule has 4 nitrogen and oxygen atoms in total. The zero-order valence-corrected chi connectivity index (χ0v) is 14.5. The quantitative estimate of drug-likeness (QED) is 0.318. The molecule has 0 saturated heterocycles. The highest BCUT2D eigenvalue weighted by molar-refractivity contribution is 5.86. The maximum atomic E-state index is 11.0. The van der Waals surface area contributed by atoms with Gasteiger partial charge < -0.3 is 9.47 Å². The van der Waals surface area contributed by atoms with E-state index in [0.29, 0.717) is 12.2 Å². The second-order valence-corrected chi connectivity index (χ2v) is 5.12. The fraction of sp³-hybridized carbons (Fsp3) is 0.667. The Morgan fingerprint density at radius 1 is 1.00 bits per heavy atom. The number of hydrogen-bond acceptors (Lipinski definition) is 4. The summed E-state index contributed by atoms with van der Waals surface area (Å²) in [5, 5.41) is 0. The van der Waals surface area contributed by atoms with E-state index in [1.54, 1.807) is 6.92 Å². The highest BCUT2D eigenvalue weighted by atomic mass is 16.5. The average Bonchev–Trinajstić information content (AvgIpc) is 2.52. The normalized spacial score (nSPS) is 9.23. The highest BCUT2D eigenvalue weighted by Gasteiger charge is 2.01. The Hall–Kier alpha value is -1.58. The molecule has 0 atom stereocenters. The largest absolute Gasteiger partial charge is 0.466 e. The van der Waals surface area contributed by atoms with Gasteiger partial charge in [-0.1, -0.05) is 65.0 Å². The van der Waals surface area contributed by atoms with E-state index in [1.807, 2.05) is 0 Å². The molecule has 0 aromatic rings. The molecule has 0 aromatic heterocycles. The number of esters is 2. The Morgan fingerprint density at radius 2 is 1.50 bits per heavy atom. The van der Waals surface area contributed by atoms with Crippen molar-refractivity contribution in [2.45, 2.75) is 65.2 Å². The number of carbonyl (C=O) groups excluding carboxylic acids is 2. The van der Waals surface area contributed by atoms with Crippen molar-refractivity contribution < 1.29 is 19.1 Å². The van der Waals surface area contributed by atoms with Crippen LogP contribution in [0.2, 0.25) is 0 Å². The van der Waals surface area contributed by atoms with E-state index in [0.717, 1.165) is 18.9 Å². The lowest BCUT2D eigenvalue weighted by molar-refractivity contribution is -0.139. The summed E-state index contributed by atoms with van der Waals surface area (Å²) in [5.41, 5.74) is 0.486. The summed E-state index contributed by atoms with van der Waals surface area (Å²) in [5.74, 6) is -0.655. The van der Waals surface area contributed by atoms with E-state index in [-0.39, 0.29) is 5.97 Å². The third-order valence-electron chi connectivity index (χ3n) is 2.95. The number of rotatable bonds is 11. The Labute approximate surface area is 135 Å². The molecule has 0 amide bonds. The van der Waals surface area contributed by atoms with Crippen molar-refractivity contribution in [3.05, 3.63) is 24.8 Å². The lowest BCUT2D eigenvalue weighted by Crippen LogP contribution is -2.05. The van der Waals surface area contributed by atoms with Crippen LogP contribution in [0, 0.1) is 0 Å². The zero-order chi connectivity index (χ0) is 17.2. The van der Waals surface area contributed by atoms with Gasteiger partial charge in [0.25, 0.3) is 0 Å². The number of methoxy groups -OCH3 is 1.